The van der Waals surface area contributed by atoms with Gasteiger partial charge in [-0.05, 0) is 48.7 Å². The molecule has 3 unspecified atom stereocenters. The predicted molar refractivity (Wildman–Crippen MR) is 128 cm³/mol. The van der Waals surface area contributed by atoms with Crippen molar-refractivity contribution in [3.63, 3.8) is 0 Å². The van der Waals surface area contributed by atoms with Crippen LogP contribution in [0.5, 0.6) is 11.5 Å². The van der Waals surface area contributed by atoms with Crippen LogP contribution in [0, 0.1) is 5.92 Å². The zero-order valence-corrected chi connectivity index (χ0v) is 21.3. The maximum absolute atomic E-state index is 13.2. The van der Waals surface area contributed by atoms with Gasteiger partial charge in [0.2, 0.25) is 5.91 Å². The average molecular weight is 530 g/mol. The van der Waals surface area contributed by atoms with E-state index in [1.807, 2.05) is 27.7 Å². The summed E-state index contributed by atoms with van der Waals surface area (Å²) in [6.45, 7) is 9.61. The molecule has 4 atom stereocenters. The molecule has 2 aromatic rings. The summed E-state index contributed by atoms with van der Waals surface area (Å²) in [7, 11) is 0. The second-order valence-electron chi connectivity index (χ2n) is 7.46. The Kier molecular flexibility index (Phi) is 9.97. The number of ether oxygens (including phenoxy) is 2. The fraction of sp³-hybridized carbons (Fsp3) is 0.458. The van der Waals surface area contributed by atoms with Gasteiger partial charge in [-0.2, -0.15) is 0 Å². The molecule has 4 rings (SSSR count). The number of amides is 1. The van der Waals surface area contributed by atoms with Gasteiger partial charge in [0.05, 0.1) is 5.92 Å². The largest absolute Gasteiger partial charge is 0.586 e. The number of carboxylic acid groups (broad SMARTS) is 1. The minimum absolute atomic E-state index is 0.118. The molecule has 1 aromatic carbocycles. The minimum atomic E-state index is -3.76. The molecule has 1 aromatic heterocycles. The van der Waals surface area contributed by atoms with Crippen LogP contribution in [-0.2, 0) is 16.0 Å². The number of β-lactam (4-membered cyclic amide) rings is 1. The van der Waals surface area contributed by atoms with Crippen molar-refractivity contribution in [1.82, 2.24) is 15.2 Å². The van der Waals surface area contributed by atoms with Crippen molar-refractivity contribution in [2.45, 2.75) is 65.8 Å². The number of carbonyl (C=O) groups is 2. The predicted octanol–water partition coefficient (Wildman–Crippen LogP) is 4.19. The number of nitrogens with one attached hydrogen (secondary N) is 1. The van der Waals surface area contributed by atoms with Crippen LogP contribution < -0.4 is 14.8 Å². The molecule has 0 aliphatic carbocycles. The van der Waals surface area contributed by atoms with E-state index in [-0.39, 0.29) is 23.1 Å². The Morgan fingerprint density at radius 3 is 2.44 bits per heavy atom. The van der Waals surface area contributed by atoms with E-state index >= 15 is 0 Å². The first-order chi connectivity index (χ1) is 17.1. The molecule has 0 saturated carbocycles. The fourth-order valence-electron chi connectivity index (χ4n) is 3.80. The number of benzene rings is 1. The molecule has 1 amide bonds. The number of aliphatic hydroxyl groups is 1. The number of likely N-dealkylation sites (tertiary alicyclic amines) is 1. The number of hydrogen-bond acceptors (Lipinski definition) is 7. The Bertz CT molecular complexity index is 1070. The molecule has 0 spiro atoms. The van der Waals surface area contributed by atoms with Gasteiger partial charge in [0.25, 0.3) is 0 Å². The molecule has 1 saturated heterocycles. The fourth-order valence-corrected chi connectivity index (χ4v) is 3.99. The van der Waals surface area contributed by atoms with Gasteiger partial charge in [0.1, 0.15) is 11.2 Å². The zero-order chi connectivity index (χ0) is 27.2. The van der Waals surface area contributed by atoms with Gasteiger partial charge in [-0.1, -0.05) is 45.4 Å². The number of rotatable bonds is 7. The third-order valence-corrected chi connectivity index (χ3v) is 5.55. The van der Waals surface area contributed by atoms with Gasteiger partial charge < -0.3 is 19.7 Å². The highest BCUT2D eigenvalue weighted by Crippen LogP contribution is 2.42. The molecule has 198 valence electrons. The Balaban J connectivity index is 0.00000109. The van der Waals surface area contributed by atoms with Crippen LogP contribution in [0.25, 0.3) is 0 Å². The van der Waals surface area contributed by atoms with Crippen molar-refractivity contribution >= 4 is 23.5 Å². The third-order valence-electron chi connectivity index (χ3n) is 5.34. The van der Waals surface area contributed by atoms with Crippen molar-refractivity contribution < 1.29 is 38.1 Å². The highest BCUT2D eigenvalue weighted by atomic mass is 35.5. The molecule has 2 aliphatic rings. The van der Waals surface area contributed by atoms with Crippen molar-refractivity contribution in [2.75, 3.05) is 0 Å². The van der Waals surface area contributed by atoms with Crippen molar-refractivity contribution in [2.24, 2.45) is 5.92 Å². The number of carboxylic acids is 1. The first-order valence-electron chi connectivity index (χ1n) is 11.5. The smallest absolute Gasteiger partial charge is 0.480 e. The highest BCUT2D eigenvalue weighted by Gasteiger charge is 2.54. The molecule has 2 aliphatic heterocycles. The van der Waals surface area contributed by atoms with Gasteiger partial charge in [-0.3, -0.25) is 15.0 Å². The Labute approximate surface area is 213 Å². The maximum Gasteiger partial charge on any atom is 0.586 e. The standard InChI is InChI=1S/C20H18ClF2N3O6.2C2H6/c1-9(11-2-3-13-14(8-11)32-20(22,23)31-13)25-19(30)26-16(18(28)29)12(17(26)27)6-10-4-5-24-15(21)7-10;2*1-2/h2-5,7-9,12,16,19,25,30H,6H2,1H3,(H,28,29);2*1-2H3/t9?,12-,16?,19?;;/m1../s1. The van der Waals surface area contributed by atoms with Crippen LogP contribution in [0.4, 0.5) is 8.78 Å². The lowest BCUT2D eigenvalue weighted by Crippen LogP contribution is -2.70. The van der Waals surface area contributed by atoms with E-state index in [1.165, 1.54) is 30.5 Å². The van der Waals surface area contributed by atoms with Crippen LogP contribution in [-0.4, -0.2) is 50.7 Å². The van der Waals surface area contributed by atoms with Crippen molar-refractivity contribution in [1.29, 1.82) is 0 Å². The molecular weight excluding hydrogens is 500 g/mol. The van der Waals surface area contributed by atoms with E-state index in [0.29, 0.717) is 11.1 Å². The number of hydrogen-bond donors (Lipinski definition) is 3. The molecule has 0 radical (unpaired) electrons. The lowest BCUT2D eigenvalue weighted by atomic mass is 9.82. The second-order valence-corrected chi connectivity index (χ2v) is 7.85. The molecule has 3 N–H and O–H groups in total. The van der Waals surface area contributed by atoms with Crippen LogP contribution in [0.2, 0.25) is 5.15 Å². The minimum Gasteiger partial charge on any atom is -0.480 e. The normalized spacial score (nSPS) is 20.7. The summed E-state index contributed by atoms with van der Waals surface area (Å²) in [5.74, 6) is -3.01. The van der Waals surface area contributed by atoms with Gasteiger partial charge in [-0.15, -0.1) is 8.78 Å². The van der Waals surface area contributed by atoms with Gasteiger partial charge in [-0.25, -0.2) is 9.78 Å². The molecule has 36 heavy (non-hydrogen) atoms. The second kappa shape index (κ2) is 12.3. The number of nitrogens with zero attached hydrogens (tertiary/aromatic N) is 2. The van der Waals surface area contributed by atoms with E-state index in [0.717, 1.165) is 4.90 Å². The van der Waals surface area contributed by atoms with E-state index in [9.17, 15) is 28.6 Å². The average Bonchev–Trinajstić information content (AvgIpc) is 3.15. The zero-order valence-electron chi connectivity index (χ0n) is 20.5. The molecule has 1 fully saturated rings. The quantitative estimate of drug-likeness (QED) is 0.277. The summed E-state index contributed by atoms with van der Waals surface area (Å²) in [6, 6.07) is 5.34. The summed E-state index contributed by atoms with van der Waals surface area (Å²) < 4.78 is 35.2. The highest BCUT2D eigenvalue weighted by molar-refractivity contribution is 6.29. The number of aromatic nitrogens is 1. The Morgan fingerprint density at radius 1 is 1.19 bits per heavy atom. The SMILES string of the molecule is CC.CC.CC(NC(O)N1C(=O)[C@H](Cc2ccnc(Cl)c2)C1C(=O)O)c1ccc2c(c1)OC(F)(F)O2. The lowest BCUT2D eigenvalue weighted by Gasteiger charge is -2.47. The number of aliphatic hydroxyl groups excluding tert-OH is 1. The number of pyridine rings is 1. The van der Waals surface area contributed by atoms with E-state index < -0.39 is 42.5 Å². The number of alkyl halides is 2. The summed E-state index contributed by atoms with van der Waals surface area (Å²) in [5, 5.41) is 23.0. The number of halogens is 3. The van der Waals surface area contributed by atoms with Gasteiger partial charge in [0, 0.05) is 12.2 Å². The lowest BCUT2D eigenvalue weighted by molar-refractivity contribution is -0.286. The van der Waals surface area contributed by atoms with E-state index in [4.69, 9.17) is 11.6 Å². The third kappa shape index (κ3) is 6.40. The summed E-state index contributed by atoms with van der Waals surface area (Å²) in [4.78, 5) is 29.1. The molecule has 12 heteroatoms. The van der Waals surface area contributed by atoms with E-state index in [1.54, 1.807) is 13.0 Å². The molecular formula is C24H30ClF2N3O6. The van der Waals surface area contributed by atoms with E-state index in [2.05, 4.69) is 19.8 Å². The monoisotopic (exact) mass is 529 g/mol. The van der Waals surface area contributed by atoms with Crippen LogP contribution in [0.3, 0.4) is 0 Å². The van der Waals surface area contributed by atoms with Gasteiger partial charge in [0.15, 0.2) is 17.9 Å². The Hall–Kier alpha value is -3.02. The van der Waals surface area contributed by atoms with Crippen LogP contribution >= 0.6 is 11.6 Å². The number of carbonyl (C=O) groups excluding carboxylic acids is 1. The number of fused-ring (bicyclic) bond motifs is 1. The number of aliphatic carboxylic acids is 1. The summed E-state index contributed by atoms with van der Waals surface area (Å²) >= 11 is 5.84. The maximum atomic E-state index is 13.2. The Morgan fingerprint density at radius 2 is 1.83 bits per heavy atom. The first-order valence-corrected chi connectivity index (χ1v) is 11.9. The molecule has 3 heterocycles. The van der Waals surface area contributed by atoms with Crippen LogP contribution in [0.1, 0.15) is 51.8 Å². The molecule has 9 nitrogen and oxygen atoms in total. The summed E-state index contributed by atoms with van der Waals surface area (Å²) in [5.41, 5.74) is 1.09. The summed E-state index contributed by atoms with van der Waals surface area (Å²) in [6.07, 6.45) is -3.81. The topological polar surface area (TPSA) is 121 Å². The van der Waals surface area contributed by atoms with Crippen molar-refractivity contribution in [3.8, 4) is 11.5 Å². The van der Waals surface area contributed by atoms with Crippen molar-refractivity contribution in [3.05, 3.63) is 52.8 Å². The van der Waals surface area contributed by atoms with Gasteiger partial charge >= 0.3 is 12.3 Å². The molecule has 0 bridgehead atoms. The first kappa shape index (κ1) is 29.2. The van der Waals surface area contributed by atoms with Crippen LogP contribution in [0.15, 0.2) is 36.5 Å².